The number of aliphatic hydroxyl groups excluding tert-OH is 1. The fourth-order valence-electron chi connectivity index (χ4n) is 2.93. The third kappa shape index (κ3) is 2.89. The van der Waals surface area contributed by atoms with E-state index >= 15 is 0 Å². The smallest absolute Gasteiger partial charge is 0.0587 e. The van der Waals surface area contributed by atoms with Crippen LogP contribution in [0, 0.1) is 0 Å². The highest BCUT2D eigenvalue weighted by molar-refractivity contribution is 5.62. The van der Waals surface area contributed by atoms with Gasteiger partial charge in [0.2, 0.25) is 0 Å². The van der Waals surface area contributed by atoms with E-state index in [0.717, 1.165) is 25.1 Å². The molecule has 1 aromatic carbocycles. The van der Waals surface area contributed by atoms with E-state index in [4.69, 9.17) is 0 Å². The first kappa shape index (κ1) is 13.3. The SMILES string of the molecule is OC[C@@H]1CCCN1Cc1cccc(-c2cccnc2)c1. The summed E-state index contributed by atoms with van der Waals surface area (Å²) < 4.78 is 0. The second-order valence-electron chi connectivity index (χ2n) is 5.39. The van der Waals surface area contributed by atoms with Crippen molar-refractivity contribution in [1.29, 1.82) is 0 Å². The van der Waals surface area contributed by atoms with Crippen LogP contribution in [0.15, 0.2) is 48.8 Å². The van der Waals surface area contributed by atoms with Crippen molar-refractivity contribution in [2.45, 2.75) is 25.4 Å². The molecule has 0 spiro atoms. The minimum atomic E-state index is 0.266. The molecule has 1 atom stereocenters. The first-order chi connectivity index (χ1) is 9.86. The molecular formula is C17H20N2O. The Bertz CT molecular complexity index is 556. The first-order valence-electron chi connectivity index (χ1n) is 7.21. The van der Waals surface area contributed by atoms with E-state index in [-0.39, 0.29) is 6.61 Å². The van der Waals surface area contributed by atoms with Crippen LogP contribution >= 0.6 is 0 Å². The van der Waals surface area contributed by atoms with Crippen molar-refractivity contribution in [2.75, 3.05) is 13.2 Å². The Morgan fingerprint density at radius 3 is 2.90 bits per heavy atom. The Labute approximate surface area is 119 Å². The fraction of sp³-hybridized carbons (Fsp3) is 0.353. The predicted octanol–water partition coefficient (Wildman–Crippen LogP) is 2.71. The highest BCUT2D eigenvalue weighted by Crippen LogP contribution is 2.23. The number of hydrogen-bond donors (Lipinski definition) is 1. The fourth-order valence-corrected chi connectivity index (χ4v) is 2.93. The molecule has 3 rings (SSSR count). The zero-order valence-electron chi connectivity index (χ0n) is 11.6. The summed E-state index contributed by atoms with van der Waals surface area (Å²) >= 11 is 0. The van der Waals surface area contributed by atoms with Crippen LogP contribution in [-0.4, -0.2) is 34.2 Å². The second kappa shape index (κ2) is 6.16. The highest BCUT2D eigenvalue weighted by Gasteiger charge is 2.23. The van der Waals surface area contributed by atoms with Crippen LogP contribution < -0.4 is 0 Å². The van der Waals surface area contributed by atoms with Gasteiger partial charge in [-0.25, -0.2) is 0 Å². The van der Waals surface area contributed by atoms with Gasteiger partial charge in [-0.3, -0.25) is 9.88 Å². The van der Waals surface area contributed by atoms with Crippen LogP contribution in [0.25, 0.3) is 11.1 Å². The molecule has 0 bridgehead atoms. The molecular weight excluding hydrogens is 248 g/mol. The number of likely N-dealkylation sites (tertiary alicyclic amines) is 1. The largest absolute Gasteiger partial charge is 0.395 e. The van der Waals surface area contributed by atoms with Crippen molar-refractivity contribution in [1.82, 2.24) is 9.88 Å². The van der Waals surface area contributed by atoms with Gasteiger partial charge in [-0.05, 0) is 48.2 Å². The van der Waals surface area contributed by atoms with Crippen molar-refractivity contribution in [2.24, 2.45) is 0 Å². The number of rotatable bonds is 4. The van der Waals surface area contributed by atoms with E-state index in [2.05, 4.69) is 40.2 Å². The lowest BCUT2D eigenvalue weighted by atomic mass is 10.0. The van der Waals surface area contributed by atoms with E-state index < -0.39 is 0 Å². The highest BCUT2D eigenvalue weighted by atomic mass is 16.3. The Hall–Kier alpha value is -1.71. The summed E-state index contributed by atoms with van der Waals surface area (Å²) in [5.74, 6) is 0. The van der Waals surface area contributed by atoms with Crippen LogP contribution in [0.1, 0.15) is 18.4 Å². The van der Waals surface area contributed by atoms with Gasteiger partial charge in [-0.1, -0.05) is 24.3 Å². The molecule has 3 heteroatoms. The van der Waals surface area contributed by atoms with E-state index in [1.165, 1.54) is 17.5 Å². The average molecular weight is 268 g/mol. The maximum atomic E-state index is 9.40. The molecule has 1 aromatic heterocycles. The third-order valence-electron chi connectivity index (χ3n) is 4.02. The quantitative estimate of drug-likeness (QED) is 0.926. The van der Waals surface area contributed by atoms with Crippen LogP contribution in [-0.2, 0) is 6.54 Å². The van der Waals surface area contributed by atoms with Gasteiger partial charge in [0.15, 0.2) is 0 Å². The molecule has 0 aliphatic carbocycles. The zero-order chi connectivity index (χ0) is 13.8. The predicted molar refractivity (Wildman–Crippen MR) is 80.2 cm³/mol. The molecule has 0 saturated carbocycles. The minimum Gasteiger partial charge on any atom is -0.395 e. The monoisotopic (exact) mass is 268 g/mol. The maximum absolute atomic E-state index is 9.40. The Morgan fingerprint density at radius 1 is 1.20 bits per heavy atom. The lowest BCUT2D eigenvalue weighted by Crippen LogP contribution is -2.31. The van der Waals surface area contributed by atoms with Gasteiger partial charge in [-0.2, -0.15) is 0 Å². The number of benzene rings is 1. The van der Waals surface area contributed by atoms with E-state index in [0.29, 0.717) is 6.04 Å². The number of pyridine rings is 1. The summed E-state index contributed by atoms with van der Waals surface area (Å²) in [4.78, 5) is 6.55. The average Bonchev–Trinajstić information content (AvgIpc) is 2.96. The molecule has 2 heterocycles. The minimum absolute atomic E-state index is 0.266. The number of aromatic nitrogens is 1. The van der Waals surface area contributed by atoms with E-state index in [9.17, 15) is 5.11 Å². The molecule has 1 aliphatic heterocycles. The lowest BCUT2D eigenvalue weighted by Gasteiger charge is -2.22. The summed E-state index contributed by atoms with van der Waals surface area (Å²) in [6, 6.07) is 13.0. The van der Waals surface area contributed by atoms with E-state index in [1.807, 2.05) is 12.3 Å². The van der Waals surface area contributed by atoms with Crippen LogP contribution in [0.2, 0.25) is 0 Å². The van der Waals surface area contributed by atoms with Crippen molar-refractivity contribution >= 4 is 0 Å². The molecule has 1 saturated heterocycles. The number of hydrogen-bond acceptors (Lipinski definition) is 3. The van der Waals surface area contributed by atoms with Crippen molar-refractivity contribution in [3.05, 3.63) is 54.4 Å². The topological polar surface area (TPSA) is 36.4 Å². The van der Waals surface area contributed by atoms with E-state index in [1.54, 1.807) is 6.20 Å². The molecule has 0 radical (unpaired) electrons. The molecule has 1 fully saturated rings. The molecule has 104 valence electrons. The molecule has 0 unspecified atom stereocenters. The Kier molecular flexibility index (Phi) is 4.09. The second-order valence-corrected chi connectivity index (χ2v) is 5.39. The summed E-state index contributed by atoms with van der Waals surface area (Å²) in [7, 11) is 0. The summed E-state index contributed by atoms with van der Waals surface area (Å²) in [5, 5.41) is 9.40. The van der Waals surface area contributed by atoms with Crippen molar-refractivity contribution < 1.29 is 5.11 Å². The van der Waals surface area contributed by atoms with Gasteiger partial charge in [0.1, 0.15) is 0 Å². The van der Waals surface area contributed by atoms with Gasteiger partial charge in [0.25, 0.3) is 0 Å². The van der Waals surface area contributed by atoms with Gasteiger partial charge in [0, 0.05) is 25.0 Å². The first-order valence-corrected chi connectivity index (χ1v) is 7.21. The molecule has 2 aromatic rings. The standard InChI is InChI=1S/C17H20N2O/c20-13-17-7-3-9-19(17)12-14-4-1-5-15(10-14)16-6-2-8-18-11-16/h1-2,4-6,8,10-11,17,20H,3,7,9,12-13H2/t17-/m0/s1. The van der Waals surface area contributed by atoms with Gasteiger partial charge >= 0.3 is 0 Å². The van der Waals surface area contributed by atoms with Crippen LogP contribution in [0.4, 0.5) is 0 Å². The number of aliphatic hydroxyl groups is 1. The van der Waals surface area contributed by atoms with Crippen molar-refractivity contribution in [3.8, 4) is 11.1 Å². The van der Waals surface area contributed by atoms with Crippen LogP contribution in [0.3, 0.4) is 0 Å². The Morgan fingerprint density at radius 2 is 2.10 bits per heavy atom. The molecule has 1 aliphatic rings. The van der Waals surface area contributed by atoms with Crippen molar-refractivity contribution in [3.63, 3.8) is 0 Å². The summed E-state index contributed by atoms with van der Waals surface area (Å²) in [5.41, 5.74) is 3.65. The van der Waals surface area contributed by atoms with Gasteiger partial charge < -0.3 is 5.11 Å². The zero-order valence-corrected chi connectivity index (χ0v) is 11.6. The van der Waals surface area contributed by atoms with Crippen LogP contribution in [0.5, 0.6) is 0 Å². The maximum Gasteiger partial charge on any atom is 0.0587 e. The van der Waals surface area contributed by atoms with Gasteiger partial charge in [0.05, 0.1) is 6.61 Å². The Balaban J connectivity index is 1.78. The molecule has 3 nitrogen and oxygen atoms in total. The normalized spacial score (nSPS) is 19.4. The molecule has 1 N–H and O–H groups in total. The lowest BCUT2D eigenvalue weighted by molar-refractivity contribution is 0.153. The molecule has 20 heavy (non-hydrogen) atoms. The summed E-state index contributed by atoms with van der Waals surface area (Å²) in [6.07, 6.45) is 5.99. The summed E-state index contributed by atoms with van der Waals surface area (Å²) in [6.45, 7) is 2.27. The third-order valence-corrected chi connectivity index (χ3v) is 4.02. The van der Waals surface area contributed by atoms with Gasteiger partial charge in [-0.15, -0.1) is 0 Å². The number of nitrogens with zero attached hydrogens (tertiary/aromatic N) is 2. The molecule has 0 amide bonds.